The number of rotatable bonds is 5. The van der Waals surface area contributed by atoms with Gasteiger partial charge in [-0.2, -0.15) is 10.2 Å². The van der Waals surface area contributed by atoms with Crippen molar-refractivity contribution < 1.29 is 9.63 Å². The highest BCUT2D eigenvalue weighted by Gasteiger charge is 2.49. The molecule has 24 heavy (non-hydrogen) atoms. The monoisotopic (exact) mass is 327 g/mol. The summed E-state index contributed by atoms with van der Waals surface area (Å²) in [5.74, 6) is 0. The van der Waals surface area contributed by atoms with Crippen LogP contribution in [0.2, 0.25) is 0 Å². The number of aromatic nitrogens is 2. The number of aryl methyl sites for hydroxylation is 1. The van der Waals surface area contributed by atoms with E-state index < -0.39 is 0 Å². The van der Waals surface area contributed by atoms with E-state index in [1.165, 1.54) is 5.06 Å². The molecule has 1 aromatic carbocycles. The molecule has 2 aromatic rings. The quantitative estimate of drug-likeness (QED) is 0.906. The molecular formula is C17H21N5O2. The Bertz CT molecular complexity index is 745. The number of urea groups is 1. The molecule has 2 aliphatic rings. The molecule has 7 heteroatoms. The first kappa shape index (κ1) is 15.2. The standard InChI is InChI=1S/C17H21N5O2/c1-18-9-14-16-13(8-19-20(16)2)15-10-21(14)17(23)22(15)24-11-12-6-4-3-5-7-12/h3-8,14-15,18H,9-11H2,1-2H3/t14-,15-/m1/s1. The summed E-state index contributed by atoms with van der Waals surface area (Å²) in [5, 5.41) is 9.09. The van der Waals surface area contributed by atoms with E-state index >= 15 is 0 Å². The van der Waals surface area contributed by atoms with Gasteiger partial charge in [0.15, 0.2) is 0 Å². The summed E-state index contributed by atoms with van der Waals surface area (Å²) in [6.07, 6.45) is 1.86. The number of likely N-dealkylation sites (N-methyl/N-ethyl adjacent to an activating group) is 1. The normalized spacial score (nSPS) is 22.2. The fraction of sp³-hybridized carbons (Fsp3) is 0.412. The molecule has 0 spiro atoms. The summed E-state index contributed by atoms with van der Waals surface area (Å²) in [5.41, 5.74) is 3.20. The van der Waals surface area contributed by atoms with Gasteiger partial charge in [-0.3, -0.25) is 9.52 Å². The summed E-state index contributed by atoms with van der Waals surface area (Å²) in [6, 6.07) is 9.69. The van der Waals surface area contributed by atoms with Gasteiger partial charge < -0.3 is 10.2 Å². The Kier molecular flexibility index (Phi) is 3.74. The molecule has 7 nitrogen and oxygen atoms in total. The van der Waals surface area contributed by atoms with Crippen molar-refractivity contribution >= 4 is 6.03 Å². The third kappa shape index (κ3) is 2.28. The molecule has 1 saturated heterocycles. The number of fused-ring (bicyclic) bond motifs is 4. The second-order valence-corrected chi connectivity index (χ2v) is 6.22. The lowest BCUT2D eigenvalue weighted by Gasteiger charge is -2.31. The van der Waals surface area contributed by atoms with Crippen molar-refractivity contribution in [3.05, 3.63) is 53.3 Å². The molecule has 2 aliphatic heterocycles. The van der Waals surface area contributed by atoms with Crippen molar-refractivity contribution in [1.82, 2.24) is 25.1 Å². The van der Waals surface area contributed by atoms with E-state index in [4.69, 9.17) is 4.84 Å². The van der Waals surface area contributed by atoms with Gasteiger partial charge in [-0.05, 0) is 12.6 Å². The lowest BCUT2D eigenvalue weighted by Crippen LogP contribution is -2.39. The molecule has 126 valence electrons. The summed E-state index contributed by atoms with van der Waals surface area (Å²) in [7, 11) is 3.82. The highest BCUT2D eigenvalue weighted by atomic mass is 16.7. The lowest BCUT2D eigenvalue weighted by atomic mass is 9.98. The van der Waals surface area contributed by atoms with Gasteiger partial charge in [-0.1, -0.05) is 30.3 Å². The SMILES string of the molecule is CNC[C@@H]1c2c(cnn2C)[C@H]2CN1C(=O)N2OCc1ccccc1. The van der Waals surface area contributed by atoms with Crippen molar-refractivity contribution in [2.24, 2.45) is 7.05 Å². The number of hydroxylamine groups is 2. The molecular weight excluding hydrogens is 306 g/mol. The minimum Gasteiger partial charge on any atom is -0.317 e. The van der Waals surface area contributed by atoms with Gasteiger partial charge in [0.05, 0.1) is 24.5 Å². The molecule has 0 aliphatic carbocycles. The minimum atomic E-state index is -0.0991. The van der Waals surface area contributed by atoms with Crippen molar-refractivity contribution in [1.29, 1.82) is 0 Å². The molecule has 2 amide bonds. The Morgan fingerprint density at radius 2 is 2.12 bits per heavy atom. The predicted molar refractivity (Wildman–Crippen MR) is 87.8 cm³/mol. The number of hydrogen-bond donors (Lipinski definition) is 1. The Labute approximate surface area is 140 Å². The number of benzene rings is 1. The van der Waals surface area contributed by atoms with Gasteiger partial charge in [0.1, 0.15) is 12.6 Å². The fourth-order valence-corrected chi connectivity index (χ4v) is 3.62. The largest absolute Gasteiger partial charge is 0.345 e. The lowest BCUT2D eigenvalue weighted by molar-refractivity contribution is -0.141. The fourth-order valence-electron chi connectivity index (χ4n) is 3.62. The molecule has 0 radical (unpaired) electrons. The van der Waals surface area contributed by atoms with E-state index in [0.29, 0.717) is 19.7 Å². The Morgan fingerprint density at radius 1 is 1.33 bits per heavy atom. The molecule has 2 bridgehead atoms. The highest BCUT2D eigenvalue weighted by molar-refractivity contribution is 5.78. The third-order valence-corrected chi connectivity index (χ3v) is 4.76. The number of amides is 2. The second kappa shape index (κ2) is 5.92. The van der Waals surface area contributed by atoms with E-state index in [9.17, 15) is 4.79 Å². The van der Waals surface area contributed by atoms with Gasteiger partial charge in [-0.15, -0.1) is 0 Å². The number of carbonyl (C=O) groups excluding carboxylic acids is 1. The first-order chi connectivity index (χ1) is 11.7. The molecule has 1 N–H and O–H groups in total. The van der Waals surface area contributed by atoms with E-state index in [-0.39, 0.29) is 18.1 Å². The van der Waals surface area contributed by atoms with Crippen LogP contribution in [0.5, 0.6) is 0 Å². The Balaban J connectivity index is 1.61. The van der Waals surface area contributed by atoms with Gasteiger partial charge >= 0.3 is 6.03 Å². The smallest absolute Gasteiger partial charge is 0.317 e. The maximum Gasteiger partial charge on any atom is 0.345 e. The van der Waals surface area contributed by atoms with Crippen molar-refractivity contribution in [3.63, 3.8) is 0 Å². The first-order valence-corrected chi connectivity index (χ1v) is 8.13. The molecule has 1 fully saturated rings. The van der Waals surface area contributed by atoms with Crippen LogP contribution in [0.3, 0.4) is 0 Å². The average Bonchev–Trinajstić information content (AvgIpc) is 3.11. The van der Waals surface area contributed by atoms with Crippen molar-refractivity contribution in [3.8, 4) is 0 Å². The Hall–Kier alpha value is -2.38. The second-order valence-electron chi connectivity index (χ2n) is 6.22. The van der Waals surface area contributed by atoms with Crippen LogP contribution in [0.4, 0.5) is 4.79 Å². The summed E-state index contributed by atoms with van der Waals surface area (Å²) in [4.78, 5) is 20.6. The van der Waals surface area contributed by atoms with Gasteiger partial charge in [0, 0.05) is 19.2 Å². The third-order valence-electron chi connectivity index (χ3n) is 4.76. The van der Waals surface area contributed by atoms with Crippen LogP contribution >= 0.6 is 0 Å². The maximum absolute atomic E-state index is 12.8. The minimum absolute atomic E-state index is 0.0217. The maximum atomic E-state index is 12.8. The Morgan fingerprint density at radius 3 is 2.88 bits per heavy atom. The zero-order valence-electron chi connectivity index (χ0n) is 13.8. The molecule has 3 heterocycles. The molecule has 0 unspecified atom stereocenters. The summed E-state index contributed by atoms with van der Waals surface area (Å²) < 4.78 is 1.87. The topological polar surface area (TPSA) is 62.6 Å². The number of carbonyl (C=O) groups is 1. The predicted octanol–water partition coefficient (Wildman–Crippen LogP) is 1.60. The van der Waals surface area contributed by atoms with Crippen molar-refractivity contribution in [2.45, 2.75) is 18.7 Å². The summed E-state index contributed by atoms with van der Waals surface area (Å²) >= 11 is 0. The van der Waals surface area contributed by atoms with Gasteiger partial charge in [0.25, 0.3) is 0 Å². The molecule has 2 atom stereocenters. The zero-order valence-corrected chi connectivity index (χ0v) is 13.8. The van der Waals surface area contributed by atoms with Crippen LogP contribution in [0.25, 0.3) is 0 Å². The zero-order chi connectivity index (χ0) is 16.7. The number of nitrogens with zero attached hydrogens (tertiary/aromatic N) is 4. The van der Waals surface area contributed by atoms with E-state index in [1.807, 2.05) is 60.2 Å². The molecule has 1 aromatic heterocycles. The number of hydrogen-bond acceptors (Lipinski definition) is 4. The van der Waals surface area contributed by atoms with Gasteiger partial charge in [-0.25, -0.2) is 4.79 Å². The molecule has 4 rings (SSSR count). The van der Waals surface area contributed by atoms with Gasteiger partial charge in [0.2, 0.25) is 0 Å². The van der Waals surface area contributed by atoms with E-state index in [0.717, 1.165) is 16.8 Å². The van der Waals surface area contributed by atoms with Crippen LogP contribution in [-0.4, -0.2) is 45.9 Å². The highest BCUT2D eigenvalue weighted by Crippen LogP contribution is 2.43. The summed E-state index contributed by atoms with van der Waals surface area (Å²) in [6.45, 7) is 1.71. The van der Waals surface area contributed by atoms with Crippen LogP contribution < -0.4 is 5.32 Å². The van der Waals surface area contributed by atoms with E-state index in [2.05, 4.69) is 10.4 Å². The average molecular weight is 327 g/mol. The van der Waals surface area contributed by atoms with Crippen LogP contribution in [0, 0.1) is 0 Å². The molecule has 0 saturated carbocycles. The van der Waals surface area contributed by atoms with E-state index in [1.54, 1.807) is 0 Å². The number of nitrogens with one attached hydrogen (secondary N) is 1. The van der Waals surface area contributed by atoms with Crippen LogP contribution in [0.1, 0.15) is 28.9 Å². The van der Waals surface area contributed by atoms with Crippen LogP contribution in [-0.2, 0) is 18.5 Å². The van der Waals surface area contributed by atoms with Crippen molar-refractivity contribution in [2.75, 3.05) is 20.1 Å². The first-order valence-electron chi connectivity index (χ1n) is 8.13. The van der Waals surface area contributed by atoms with Crippen LogP contribution in [0.15, 0.2) is 36.5 Å².